The number of amides is 2. The zero-order valence-electron chi connectivity index (χ0n) is 14.7. The maximum atomic E-state index is 12.9. The Morgan fingerprint density at radius 1 is 0.885 bits per heavy atom. The molecule has 138 valence electrons. The summed E-state index contributed by atoms with van der Waals surface area (Å²) in [6, 6.07) is 10.3. The molecule has 1 aliphatic rings. The van der Waals surface area contributed by atoms with E-state index in [9.17, 15) is 14.0 Å². The summed E-state index contributed by atoms with van der Waals surface area (Å²) in [4.78, 5) is 29.6. The summed E-state index contributed by atoms with van der Waals surface area (Å²) >= 11 is 1.68. The number of rotatable bonds is 6. The highest BCUT2D eigenvalue weighted by atomic mass is 32.1. The van der Waals surface area contributed by atoms with Crippen molar-refractivity contribution in [2.75, 3.05) is 26.2 Å². The SMILES string of the molecule is O=C(CCc1ccc(F)cc1)N1CCN(C(=O)CCc2cccs2)CC1. The van der Waals surface area contributed by atoms with Gasteiger partial charge in [0, 0.05) is 43.9 Å². The molecule has 2 amide bonds. The van der Waals surface area contributed by atoms with Gasteiger partial charge in [-0.1, -0.05) is 18.2 Å². The Kier molecular flexibility index (Phi) is 6.39. The van der Waals surface area contributed by atoms with Crippen molar-refractivity contribution < 1.29 is 14.0 Å². The van der Waals surface area contributed by atoms with Crippen molar-refractivity contribution in [2.45, 2.75) is 25.7 Å². The second-order valence-corrected chi connectivity index (χ2v) is 7.50. The largest absolute Gasteiger partial charge is 0.339 e. The number of hydrogen-bond acceptors (Lipinski definition) is 3. The molecule has 1 aliphatic heterocycles. The van der Waals surface area contributed by atoms with Gasteiger partial charge >= 0.3 is 0 Å². The predicted molar refractivity (Wildman–Crippen MR) is 101 cm³/mol. The molecule has 4 nitrogen and oxygen atoms in total. The lowest BCUT2D eigenvalue weighted by molar-refractivity contribution is -0.139. The second kappa shape index (κ2) is 8.94. The molecule has 0 radical (unpaired) electrons. The van der Waals surface area contributed by atoms with Gasteiger partial charge in [0.1, 0.15) is 5.82 Å². The van der Waals surface area contributed by atoms with Crippen molar-refractivity contribution in [3.8, 4) is 0 Å². The van der Waals surface area contributed by atoms with Crippen molar-refractivity contribution in [3.05, 3.63) is 58.0 Å². The van der Waals surface area contributed by atoms with E-state index < -0.39 is 0 Å². The van der Waals surface area contributed by atoms with E-state index in [2.05, 4.69) is 6.07 Å². The third kappa shape index (κ3) is 5.14. The molecule has 1 saturated heterocycles. The van der Waals surface area contributed by atoms with E-state index in [-0.39, 0.29) is 17.6 Å². The predicted octanol–water partition coefficient (Wildman–Crippen LogP) is 3.12. The van der Waals surface area contributed by atoms with E-state index >= 15 is 0 Å². The number of aryl methyl sites for hydroxylation is 2. The van der Waals surface area contributed by atoms with Gasteiger partial charge < -0.3 is 9.80 Å². The lowest BCUT2D eigenvalue weighted by Gasteiger charge is -2.35. The molecule has 0 unspecified atom stereocenters. The van der Waals surface area contributed by atoms with Crippen molar-refractivity contribution in [1.29, 1.82) is 0 Å². The van der Waals surface area contributed by atoms with Crippen LogP contribution in [0.2, 0.25) is 0 Å². The molecule has 0 atom stereocenters. The molecule has 26 heavy (non-hydrogen) atoms. The summed E-state index contributed by atoms with van der Waals surface area (Å²) in [6.07, 6.45) is 2.34. The van der Waals surface area contributed by atoms with Crippen LogP contribution in [0.5, 0.6) is 0 Å². The van der Waals surface area contributed by atoms with Crippen LogP contribution in [0, 0.1) is 5.82 Å². The lowest BCUT2D eigenvalue weighted by Crippen LogP contribution is -2.50. The first-order chi connectivity index (χ1) is 12.6. The van der Waals surface area contributed by atoms with Gasteiger partial charge in [0.2, 0.25) is 11.8 Å². The summed E-state index contributed by atoms with van der Waals surface area (Å²) in [6.45, 7) is 2.39. The van der Waals surface area contributed by atoms with Crippen LogP contribution in [0.3, 0.4) is 0 Å². The van der Waals surface area contributed by atoms with Crippen LogP contribution in [0.4, 0.5) is 4.39 Å². The Bertz CT molecular complexity index is 723. The summed E-state index contributed by atoms with van der Waals surface area (Å²) in [5.41, 5.74) is 0.960. The number of halogens is 1. The van der Waals surface area contributed by atoms with Gasteiger partial charge in [0.15, 0.2) is 0 Å². The smallest absolute Gasteiger partial charge is 0.223 e. The Labute approximate surface area is 157 Å². The van der Waals surface area contributed by atoms with Gasteiger partial charge in [-0.2, -0.15) is 0 Å². The van der Waals surface area contributed by atoms with E-state index in [0.717, 1.165) is 12.0 Å². The molecule has 1 aromatic carbocycles. The number of thiophene rings is 1. The molecule has 0 aliphatic carbocycles. The lowest BCUT2D eigenvalue weighted by atomic mass is 10.1. The molecular weight excluding hydrogens is 351 g/mol. The average Bonchev–Trinajstić information content (AvgIpc) is 3.19. The molecule has 6 heteroatoms. The second-order valence-electron chi connectivity index (χ2n) is 6.47. The van der Waals surface area contributed by atoms with E-state index in [4.69, 9.17) is 0 Å². The van der Waals surface area contributed by atoms with E-state index in [0.29, 0.717) is 45.4 Å². The molecule has 0 N–H and O–H groups in total. The van der Waals surface area contributed by atoms with Crippen LogP contribution < -0.4 is 0 Å². The molecule has 1 fully saturated rings. The molecule has 0 spiro atoms. The first kappa shape index (κ1) is 18.6. The number of piperazine rings is 1. The topological polar surface area (TPSA) is 40.6 Å². The Morgan fingerprint density at radius 2 is 1.46 bits per heavy atom. The van der Waals surface area contributed by atoms with Gasteiger partial charge in [-0.25, -0.2) is 4.39 Å². The highest BCUT2D eigenvalue weighted by molar-refractivity contribution is 7.09. The number of benzene rings is 1. The summed E-state index contributed by atoms with van der Waals surface area (Å²) in [7, 11) is 0. The third-order valence-corrected chi connectivity index (χ3v) is 5.63. The van der Waals surface area contributed by atoms with Crippen LogP contribution in [0.25, 0.3) is 0 Å². The zero-order valence-corrected chi connectivity index (χ0v) is 15.5. The van der Waals surface area contributed by atoms with Crippen LogP contribution in [0.15, 0.2) is 41.8 Å². The van der Waals surface area contributed by atoms with E-state index in [1.165, 1.54) is 17.0 Å². The number of nitrogens with zero attached hydrogens (tertiary/aromatic N) is 2. The fourth-order valence-corrected chi connectivity index (χ4v) is 3.82. The molecule has 1 aromatic heterocycles. The fraction of sp³-hybridized carbons (Fsp3) is 0.400. The monoisotopic (exact) mass is 374 g/mol. The Hall–Kier alpha value is -2.21. The van der Waals surface area contributed by atoms with Gasteiger partial charge in [0.05, 0.1) is 0 Å². The maximum absolute atomic E-state index is 12.9. The number of hydrogen-bond donors (Lipinski definition) is 0. The van der Waals surface area contributed by atoms with Crippen LogP contribution in [0.1, 0.15) is 23.3 Å². The minimum Gasteiger partial charge on any atom is -0.339 e. The quantitative estimate of drug-likeness (QED) is 0.779. The van der Waals surface area contributed by atoms with Crippen LogP contribution >= 0.6 is 11.3 Å². The first-order valence-electron chi connectivity index (χ1n) is 8.94. The number of carbonyl (C=O) groups excluding carboxylic acids is 2. The molecule has 3 rings (SSSR count). The van der Waals surface area contributed by atoms with Crippen molar-refractivity contribution in [2.24, 2.45) is 0 Å². The highest BCUT2D eigenvalue weighted by Crippen LogP contribution is 2.13. The first-order valence-corrected chi connectivity index (χ1v) is 9.82. The normalized spacial score (nSPS) is 14.5. The van der Waals surface area contributed by atoms with E-state index in [1.807, 2.05) is 21.2 Å². The zero-order chi connectivity index (χ0) is 18.4. The van der Waals surface area contributed by atoms with Gasteiger partial charge in [0.25, 0.3) is 0 Å². The van der Waals surface area contributed by atoms with Crippen molar-refractivity contribution in [3.63, 3.8) is 0 Å². The Morgan fingerprint density at radius 3 is 2.00 bits per heavy atom. The third-order valence-electron chi connectivity index (χ3n) is 4.69. The summed E-state index contributed by atoms with van der Waals surface area (Å²) in [5.74, 6) is -0.00300. The van der Waals surface area contributed by atoms with Crippen LogP contribution in [-0.4, -0.2) is 47.8 Å². The molecule has 0 bridgehead atoms. The number of carbonyl (C=O) groups is 2. The summed E-state index contributed by atoms with van der Waals surface area (Å²) in [5, 5.41) is 2.02. The standard InChI is InChI=1S/C20H23FN2O2S/c21-17-6-3-16(4-7-17)5-9-19(24)22-11-13-23(14-12-22)20(25)10-8-18-2-1-15-26-18/h1-4,6-7,15H,5,8-14H2. The van der Waals surface area contributed by atoms with Gasteiger partial charge in [-0.05, 0) is 42.0 Å². The molecular formula is C20H23FN2O2S. The van der Waals surface area contributed by atoms with Crippen molar-refractivity contribution >= 4 is 23.2 Å². The minimum atomic E-state index is -0.264. The minimum absolute atomic E-state index is 0.0972. The molecule has 0 saturated carbocycles. The maximum Gasteiger partial charge on any atom is 0.223 e. The summed E-state index contributed by atoms with van der Waals surface area (Å²) < 4.78 is 12.9. The van der Waals surface area contributed by atoms with Crippen molar-refractivity contribution in [1.82, 2.24) is 9.80 Å². The van der Waals surface area contributed by atoms with E-state index in [1.54, 1.807) is 23.5 Å². The fourth-order valence-electron chi connectivity index (χ4n) is 3.11. The van der Waals surface area contributed by atoms with Gasteiger partial charge in [-0.15, -0.1) is 11.3 Å². The molecule has 2 heterocycles. The average molecular weight is 374 g/mol. The highest BCUT2D eigenvalue weighted by Gasteiger charge is 2.23. The Balaban J connectivity index is 1.39. The van der Waals surface area contributed by atoms with Gasteiger partial charge in [-0.3, -0.25) is 9.59 Å². The van der Waals surface area contributed by atoms with Crippen LogP contribution in [-0.2, 0) is 22.4 Å². The molecule has 2 aromatic rings.